The van der Waals surface area contributed by atoms with Crippen molar-refractivity contribution < 1.29 is 38.0 Å². The second-order valence-electron chi connectivity index (χ2n) is 9.61. The summed E-state index contributed by atoms with van der Waals surface area (Å²) in [6.45, 7) is 7.04. The molecule has 182 valence electrons. The molecule has 0 atom stereocenters. The van der Waals surface area contributed by atoms with Crippen LogP contribution in [0, 0.1) is 0 Å². The van der Waals surface area contributed by atoms with Gasteiger partial charge in [-0.3, -0.25) is 4.79 Å². The Morgan fingerprint density at radius 2 is 0.967 bits per heavy atom. The van der Waals surface area contributed by atoms with E-state index in [0.29, 0.717) is 13.0 Å². The van der Waals surface area contributed by atoms with Crippen molar-refractivity contribution in [2.75, 3.05) is 33.8 Å². The number of esters is 1. The molecule has 0 fully saturated rings. The summed E-state index contributed by atoms with van der Waals surface area (Å²) in [6.07, 6.45) is 24.2. The molecule has 0 N–H and O–H groups in total. The van der Waals surface area contributed by atoms with Gasteiger partial charge in [-0.25, -0.2) is 0 Å². The molecule has 4 heteroatoms. The Hall–Kier alpha value is 0.160. The van der Waals surface area contributed by atoms with Crippen molar-refractivity contribution in [2.24, 2.45) is 0 Å². The average Bonchev–Trinajstić information content (AvgIpc) is 2.70. The normalized spacial score (nSPS) is 11.3. The maximum Gasteiger partial charge on any atom is 0.305 e. The number of hydrogen-bond acceptors (Lipinski definition) is 2. The molecule has 3 nitrogen and oxygen atoms in total. The van der Waals surface area contributed by atoms with Gasteiger partial charge in [0.25, 0.3) is 0 Å². The molecule has 0 aliphatic rings. The molecule has 0 radical (unpaired) electrons. The highest BCUT2D eigenvalue weighted by atomic mass is 127. The molecule has 0 aromatic rings. The number of carbonyl (C=O) groups is 1. The average molecular weight is 540 g/mol. The SMILES string of the molecule is CCCCCCCCCCCCCCCCCC[N+](C)(C)CCCOC(=O)CC.[I-]. The van der Waals surface area contributed by atoms with Gasteiger partial charge < -0.3 is 33.2 Å². The second kappa shape index (κ2) is 23.8. The molecule has 0 saturated heterocycles. The van der Waals surface area contributed by atoms with E-state index in [0.717, 1.165) is 17.4 Å². The first-order chi connectivity index (χ1) is 14.0. The first kappa shape index (κ1) is 32.3. The van der Waals surface area contributed by atoms with Crippen LogP contribution in [0.5, 0.6) is 0 Å². The van der Waals surface area contributed by atoms with E-state index in [1.165, 1.54) is 109 Å². The van der Waals surface area contributed by atoms with Gasteiger partial charge in [0.15, 0.2) is 0 Å². The molecular weight excluding hydrogens is 485 g/mol. The fraction of sp³-hybridized carbons (Fsp3) is 0.962. The van der Waals surface area contributed by atoms with Crippen LogP contribution < -0.4 is 24.0 Å². The molecule has 0 amide bonds. The number of quaternary nitrogens is 1. The highest BCUT2D eigenvalue weighted by molar-refractivity contribution is 5.68. The van der Waals surface area contributed by atoms with E-state index in [9.17, 15) is 4.79 Å². The van der Waals surface area contributed by atoms with Crippen molar-refractivity contribution in [3.05, 3.63) is 0 Å². The number of halogens is 1. The van der Waals surface area contributed by atoms with Gasteiger partial charge in [-0.05, 0) is 12.8 Å². The predicted octanol–water partition coefficient (Wildman–Crippen LogP) is 4.67. The van der Waals surface area contributed by atoms with Gasteiger partial charge in [0.1, 0.15) is 0 Å². The topological polar surface area (TPSA) is 26.3 Å². The van der Waals surface area contributed by atoms with Crippen molar-refractivity contribution in [3.8, 4) is 0 Å². The van der Waals surface area contributed by atoms with Crippen LogP contribution >= 0.6 is 0 Å². The summed E-state index contributed by atoms with van der Waals surface area (Å²) in [5.74, 6) is -0.0758. The van der Waals surface area contributed by atoms with Crippen molar-refractivity contribution >= 4 is 5.97 Å². The molecule has 0 unspecified atom stereocenters. The maximum atomic E-state index is 11.1. The molecule has 0 aromatic carbocycles. The standard InChI is InChI=1S/C26H54NO2.HI/c1-5-7-8-9-10-11-12-13-14-15-16-17-18-19-20-21-23-27(3,4)24-22-25-29-26(28)6-2;/h5-25H2,1-4H3;1H/q+1;/p-1. The molecule has 0 aliphatic heterocycles. The zero-order valence-corrected chi connectivity index (χ0v) is 23.1. The van der Waals surface area contributed by atoms with Crippen LogP contribution in [0.4, 0.5) is 0 Å². The van der Waals surface area contributed by atoms with Gasteiger partial charge in [-0.1, -0.05) is 104 Å². The van der Waals surface area contributed by atoms with Crippen molar-refractivity contribution in [1.29, 1.82) is 0 Å². The van der Waals surface area contributed by atoms with Gasteiger partial charge in [0.05, 0.1) is 33.8 Å². The van der Waals surface area contributed by atoms with E-state index in [1.807, 2.05) is 6.92 Å². The lowest BCUT2D eigenvalue weighted by molar-refractivity contribution is -0.890. The summed E-state index contributed by atoms with van der Waals surface area (Å²) in [4.78, 5) is 11.1. The van der Waals surface area contributed by atoms with Crippen LogP contribution in [0.15, 0.2) is 0 Å². The third kappa shape index (κ3) is 24.4. The zero-order valence-electron chi connectivity index (χ0n) is 21.0. The summed E-state index contributed by atoms with van der Waals surface area (Å²) in [5.41, 5.74) is 0. The number of hydrogen-bond donors (Lipinski definition) is 0. The maximum absolute atomic E-state index is 11.1. The minimum absolute atomic E-state index is 0. The van der Waals surface area contributed by atoms with E-state index in [2.05, 4.69) is 21.0 Å². The number of carbonyl (C=O) groups excluding carboxylic acids is 1. The Kier molecular flexibility index (Phi) is 25.7. The highest BCUT2D eigenvalue weighted by Gasteiger charge is 2.14. The van der Waals surface area contributed by atoms with Gasteiger partial charge in [-0.2, -0.15) is 0 Å². The molecule has 30 heavy (non-hydrogen) atoms. The van der Waals surface area contributed by atoms with Crippen LogP contribution in [-0.4, -0.2) is 44.2 Å². The van der Waals surface area contributed by atoms with E-state index < -0.39 is 0 Å². The van der Waals surface area contributed by atoms with Crippen LogP contribution in [0.2, 0.25) is 0 Å². The summed E-state index contributed by atoms with van der Waals surface area (Å²) in [6, 6.07) is 0. The first-order valence-corrected chi connectivity index (χ1v) is 13.0. The van der Waals surface area contributed by atoms with E-state index >= 15 is 0 Å². The number of ether oxygens (including phenoxy) is 1. The Labute approximate surface area is 206 Å². The molecule has 0 aliphatic carbocycles. The summed E-state index contributed by atoms with van der Waals surface area (Å²) < 4.78 is 6.22. The van der Waals surface area contributed by atoms with Crippen molar-refractivity contribution in [1.82, 2.24) is 0 Å². The lowest BCUT2D eigenvalue weighted by Crippen LogP contribution is -3.00. The number of rotatable bonds is 22. The fourth-order valence-electron chi connectivity index (χ4n) is 3.98. The third-order valence-electron chi connectivity index (χ3n) is 6.08. The van der Waals surface area contributed by atoms with Crippen LogP contribution in [0.1, 0.15) is 129 Å². The van der Waals surface area contributed by atoms with Gasteiger partial charge in [0, 0.05) is 12.8 Å². The quantitative estimate of drug-likeness (QED) is 0.0865. The monoisotopic (exact) mass is 539 g/mol. The third-order valence-corrected chi connectivity index (χ3v) is 6.08. The predicted molar refractivity (Wildman–Crippen MR) is 127 cm³/mol. The van der Waals surface area contributed by atoms with Gasteiger partial charge in [-0.15, -0.1) is 0 Å². The van der Waals surface area contributed by atoms with Crippen LogP contribution in [0.25, 0.3) is 0 Å². The van der Waals surface area contributed by atoms with Crippen molar-refractivity contribution in [3.63, 3.8) is 0 Å². The van der Waals surface area contributed by atoms with Gasteiger partial charge in [0.2, 0.25) is 0 Å². The molecule has 0 rings (SSSR count). The smallest absolute Gasteiger partial charge is 0.305 e. The molecular formula is C26H54INO2. The molecule has 0 bridgehead atoms. The number of unbranched alkanes of at least 4 members (excludes halogenated alkanes) is 15. The highest BCUT2D eigenvalue weighted by Crippen LogP contribution is 2.14. The Balaban J connectivity index is 0. The molecule has 0 spiro atoms. The van der Waals surface area contributed by atoms with Crippen LogP contribution in [-0.2, 0) is 9.53 Å². The number of nitrogens with zero attached hydrogens (tertiary/aromatic N) is 1. The zero-order chi connectivity index (χ0) is 21.6. The van der Waals surface area contributed by atoms with E-state index in [1.54, 1.807) is 0 Å². The Bertz CT molecular complexity index is 361. The summed E-state index contributed by atoms with van der Waals surface area (Å²) in [7, 11) is 4.60. The largest absolute Gasteiger partial charge is 1.00 e. The Morgan fingerprint density at radius 3 is 1.37 bits per heavy atom. The summed E-state index contributed by atoms with van der Waals surface area (Å²) >= 11 is 0. The van der Waals surface area contributed by atoms with E-state index in [4.69, 9.17) is 4.74 Å². The molecule has 0 saturated carbocycles. The first-order valence-electron chi connectivity index (χ1n) is 13.0. The Morgan fingerprint density at radius 1 is 0.600 bits per heavy atom. The minimum atomic E-state index is -0.0758. The lowest BCUT2D eigenvalue weighted by Gasteiger charge is -2.29. The molecule has 0 heterocycles. The fourth-order valence-corrected chi connectivity index (χ4v) is 3.98. The van der Waals surface area contributed by atoms with E-state index in [-0.39, 0.29) is 29.9 Å². The minimum Gasteiger partial charge on any atom is -1.00 e. The lowest BCUT2D eigenvalue weighted by atomic mass is 10.0. The second-order valence-corrected chi connectivity index (χ2v) is 9.61. The molecule has 0 aromatic heterocycles. The van der Waals surface area contributed by atoms with Crippen LogP contribution in [0.3, 0.4) is 0 Å². The summed E-state index contributed by atoms with van der Waals surface area (Å²) in [5, 5.41) is 0. The van der Waals surface area contributed by atoms with Crippen molar-refractivity contribution in [2.45, 2.75) is 129 Å². The van der Waals surface area contributed by atoms with Gasteiger partial charge >= 0.3 is 5.97 Å².